The number of allylic oxidation sites excluding steroid dienone is 1. The molecule has 0 heterocycles. The van der Waals surface area contributed by atoms with Crippen LogP contribution in [0.4, 0.5) is 0 Å². The van der Waals surface area contributed by atoms with Crippen LogP contribution in [0, 0.1) is 0 Å². The molecule has 0 atom stereocenters. The fraction of sp³-hybridized carbons (Fsp3) is 0.231. The Morgan fingerprint density at radius 2 is 1.78 bits per heavy atom. The van der Waals surface area contributed by atoms with Gasteiger partial charge in [-0.2, -0.15) is 0 Å². The van der Waals surface area contributed by atoms with E-state index in [9.17, 15) is 9.59 Å². The SMILES string of the molecule is CC(C)=CCOc1ccc(C(=O)O)c(C(=O)O)c1. The van der Waals surface area contributed by atoms with Crippen molar-refractivity contribution >= 4 is 11.9 Å². The second-order valence-electron chi connectivity index (χ2n) is 3.91. The van der Waals surface area contributed by atoms with Crippen molar-refractivity contribution in [2.24, 2.45) is 0 Å². The van der Waals surface area contributed by atoms with E-state index in [1.807, 2.05) is 19.9 Å². The first-order chi connectivity index (χ1) is 8.41. The van der Waals surface area contributed by atoms with Crippen molar-refractivity contribution in [2.75, 3.05) is 6.61 Å². The summed E-state index contributed by atoms with van der Waals surface area (Å²) in [5, 5.41) is 17.8. The van der Waals surface area contributed by atoms with Gasteiger partial charge in [-0.05, 0) is 38.1 Å². The third kappa shape index (κ3) is 3.62. The standard InChI is InChI=1S/C13H14O5/c1-8(2)5-6-18-9-3-4-10(12(14)15)11(7-9)13(16)17/h3-5,7H,6H2,1-2H3,(H,14,15)(H,16,17). The summed E-state index contributed by atoms with van der Waals surface area (Å²) in [7, 11) is 0. The van der Waals surface area contributed by atoms with Gasteiger partial charge in [0.05, 0.1) is 11.1 Å². The lowest BCUT2D eigenvalue weighted by Gasteiger charge is -2.07. The molecule has 96 valence electrons. The summed E-state index contributed by atoms with van der Waals surface area (Å²) < 4.78 is 5.31. The maximum atomic E-state index is 10.9. The zero-order chi connectivity index (χ0) is 13.7. The molecule has 5 heteroatoms. The maximum absolute atomic E-state index is 10.9. The van der Waals surface area contributed by atoms with Crippen LogP contribution in [0.2, 0.25) is 0 Å². The van der Waals surface area contributed by atoms with Crippen molar-refractivity contribution in [1.29, 1.82) is 0 Å². The summed E-state index contributed by atoms with van der Waals surface area (Å²) in [6.07, 6.45) is 1.84. The molecule has 0 amide bonds. The molecular weight excluding hydrogens is 236 g/mol. The third-order valence-electron chi connectivity index (χ3n) is 2.19. The number of carboxylic acid groups (broad SMARTS) is 2. The van der Waals surface area contributed by atoms with Gasteiger partial charge >= 0.3 is 11.9 Å². The van der Waals surface area contributed by atoms with Gasteiger partial charge in [-0.15, -0.1) is 0 Å². The smallest absolute Gasteiger partial charge is 0.336 e. The monoisotopic (exact) mass is 250 g/mol. The van der Waals surface area contributed by atoms with Crippen LogP contribution in [0.1, 0.15) is 34.6 Å². The molecule has 0 aliphatic rings. The number of ether oxygens (including phenoxy) is 1. The quantitative estimate of drug-likeness (QED) is 0.784. The van der Waals surface area contributed by atoms with Gasteiger partial charge in [0.1, 0.15) is 12.4 Å². The molecule has 0 spiro atoms. The Morgan fingerprint density at radius 1 is 1.17 bits per heavy atom. The van der Waals surface area contributed by atoms with Crippen LogP contribution in [0.3, 0.4) is 0 Å². The normalized spacial score (nSPS) is 9.67. The topological polar surface area (TPSA) is 83.8 Å². The highest BCUT2D eigenvalue weighted by Gasteiger charge is 2.16. The molecule has 1 aromatic rings. The highest BCUT2D eigenvalue weighted by Crippen LogP contribution is 2.18. The third-order valence-corrected chi connectivity index (χ3v) is 2.19. The van der Waals surface area contributed by atoms with E-state index in [4.69, 9.17) is 14.9 Å². The molecular formula is C13H14O5. The molecule has 0 aliphatic carbocycles. The Hall–Kier alpha value is -2.30. The molecule has 0 unspecified atom stereocenters. The number of rotatable bonds is 5. The van der Waals surface area contributed by atoms with Crippen LogP contribution < -0.4 is 4.74 Å². The number of benzene rings is 1. The van der Waals surface area contributed by atoms with E-state index in [1.165, 1.54) is 18.2 Å². The van der Waals surface area contributed by atoms with E-state index in [1.54, 1.807) is 0 Å². The Balaban J connectivity index is 2.97. The Bertz CT molecular complexity index is 498. The van der Waals surface area contributed by atoms with E-state index in [-0.39, 0.29) is 11.1 Å². The van der Waals surface area contributed by atoms with Crippen molar-refractivity contribution in [3.63, 3.8) is 0 Å². The Morgan fingerprint density at radius 3 is 2.28 bits per heavy atom. The predicted molar refractivity (Wildman–Crippen MR) is 65.3 cm³/mol. The zero-order valence-corrected chi connectivity index (χ0v) is 10.1. The number of hydrogen-bond acceptors (Lipinski definition) is 3. The van der Waals surface area contributed by atoms with E-state index >= 15 is 0 Å². The predicted octanol–water partition coefficient (Wildman–Crippen LogP) is 2.43. The lowest BCUT2D eigenvalue weighted by molar-refractivity contribution is 0.0651. The van der Waals surface area contributed by atoms with Gasteiger partial charge in [0.25, 0.3) is 0 Å². The van der Waals surface area contributed by atoms with Gasteiger partial charge in [-0.1, -0.05) is 5.57 Å². The van der Waals surface area contributed by atoms with Crippen LogP contribution in [0.25, 0.3) is 0 Å². The molecule has 0 aliphatic heterocycles. The highest BCUT2D eigenvalue weighted by atomic mass is 16.5. The number of aromatic carboxylic acids is 2. The first kappa shape index (κ1) is 13.8. The summed E-state index contributed by atoms with van der Waals surface area (Å²) in [5.41, 5.74) is 0.546. The molecule has 0 bridgehead atoms. The van der Waals surface area contributed by atoms with Crippen LogP contribution in [0.5, 0.6) is 5.75 Å². The van der Waals surface area contributed by atoms with Gasteiger partial charge in [0.15, 0.2) is 0 Å². The fourth-order valence-corrected chi connectivity index (χ4v) is 1.28. The van der Waals surface area contributed by atoms with Crippen molar-refractivity contribution in [1.82, 2.24) is 0 Å². The summed E-state index contributed by atoms with van der Waals surface area (Å²) in [6.45, 7) is 4.15. The van der Waals surface area contributed by atoms with Crippen LogP contribution in [-0.2, 0) is 0 Å². The summed E-state index contributed by atoms with van der Waals surface area (Å²) in [5.74, 6) is -2.24. The second kappa shape index (κ2) is 5.86. The molecule has 0 saturated heterocycles. The van der Waals surface area contributed by atoms with Gasteiger partial charge in [-0.25, -0.2) is 9.59 Å². The molecule has 0 saturated carbocycles. The minimum absolute atomic E-state index is 0.253. The largest absolute Gasteiger partial charge is 0.490 e. The zero-order valence-electron chi connectivity index (χ0n) is 10.1. The van der Waals surface area contributed by atoms with E-state index in [0.29, 0.717) is 12.4 Å². The van der Waals surface area contributed by atoms with Crippen LogP contribution in [-0.4, -0.2) is 28.8 Å². The minimum atomic E-state index is -1.29. The number of hydrogen-bond donors (Lipinski definition) is 2. The molecule has 18 heavy (non-hydrogen) atoms. The van der Waals surface area contributed by atoms with E-state index in [0.717, 1.165) is 5.57 Å². The van der Waals surface area contributed by atoms with Crippen molar-refractivity contribution in [2.45, 2.75) is 13.8 Å². The van der Waals surface area contributed by atoms with E-state index in [2.05, 4.69) is 0 Å². The Labute approximate surface area is 104 Å². The lowest BCUT2D eigenvalue weighted by Crippen LogP contribution is -2.08. The van der Waals surface area contributed by atoms with E-state index < -0.39 is 11.9 Å². The summed E-state index contributed by atoms with van der Waals surface area (Å²) in [6, 6.07) is 3.88. The summed E-state index contributed by atoms with van der Waals surface area (Å²) >= 11 is 0. The second-order valence-corrected chi connectivity index (χ2v) is 3.91. The maximum Gasteiger partial charge on any atom is 0.336 e. The van der Waals surface area contributed by atoms with Crippen molar-refractivity contribution in [3.05, 3.63) is 41.0 Å². The van der Waals surface area contributed by atoms with Gasteiger partial charge in [0, 0.05) is 0 Å². The average Bonchev–Trinajstić information content (AvgIpc) is 2.28. The van der Waals surface area contributed by atoms with Crippen molar-refractivity contribution in [3.8, 4) is 5.75 Å². The van der Waals surface area contributed by atoms with Gasteiger partial charge in [0.2, 0.25) is 0 Å². The fourth-order valence-electron chi connectivity index (χ4n) is 1.28. The highest BCUT2D eigenvalue weighted by molar-refractivity contribution is 6.01. The van der Waals surface area contributed by atoms with Crippen LogP contribution in [0.15, 0.2) is 29.8 Å². The molecule has 0 radical (unpaired) electrons. The van der Waals surface area contributed by atoms with Crippen LogP contribution >= 0.6 is 0 Å². The first-order valence-electron chi connectivity index (χ1n) is 5.28. The van der Waals surface area contributed by atoms with Gasteiger partial charge in [-0.3, -0.25) is 0 Å². The minimum Gasteiger partial charge on any atom is -0.490 e. The average molecular weight is 250 g/mol. The van der Waals surface area contributed by atoms with Gasteiger partial charge < -0.3 is 14.9 Å². The summed E-state index contributed by atoms with van der Waals surface area (Å²) in [4.78, 5) is 21.8. The van der Waals surface area contributed by atoms with Crippen molar-refractivity contribution < 1.29 is 24.5 Å². The number of carboxylic acids is 2. The molecule has 0 aromatic heterocycles. The molecule has 5 nitrogen and oxygen atoms in total. The first-order valence-corrected chi connectivity index (χ1v) is 5.28. The molecule has 0 fully saturated rings. The lowest BCUT2D eigenvalue weighted by atomic mass is 10.1. The molecule has 1 aromatic carbocycles. The number of carbonyl (C=O) groups is 2. The molecule has 2 N–H and O–H groups in total. The Kier molecular flexibility index (Phi) is 4.48. The molecule has 1 rings (SSSR count).